The molecular weight excluding hydrogens is 829 g/mol. The molecule has 0 aromatic rings. The van der Waals surface area contributed by atoms with Gasteiger partial charge in [-0.2, -0.15) is 0 Å². The van der Waals surface area contributed by atoms with Crippen LogP contribution in [-0.4, -0.2) is 89.6 Å². The minimum atomic E-state index is -1.55. The van der Waals surface area contributed by atoms with Gasteiger partial charge in [-0.25, -0.2) is 0 Å². The minimum absolute atomic E-state index is 0.103. The average molecular weight is 929 g/mol. The Morgan fingerprint density at radius 1 is 0.500 bits per heavy atom. The number of ether oxygens (including phenoxy) is 4. The van der Waals surface area contributed by atoms with Crippen LogP contribution in [0.2, 0.25) is 0 Å². The highest BCUT2D eigenvalue weighted by Crippen LogP contribution is 2.23. The maximum absolute atomic E-state index is 12.9. The summed E-state index contributed by atoms with van der Waals surface area (Å²) < 4.78 is 22.8. The number of aliphatic hydroxyl groups excluding tert-OH is 4. The lowest BCUT2D eigenvalue weighted by molar-refractivity contribution is -0.305. The second kappa shape index (κ2) is 47.7. The van der Waals surface area contributed by atoms with Crippen molar-refractivity contribution < 1.29 is 44.2 Å². The first-order valence-electron chi connectivity index (χ1n) is 27.0. The molecule has 0 saturated carbocycles. The van der Waals surface area contributed by atoms with Gasteiger partial charge in [-0.1, -0.05) is 228 Å². The molecule has 1 aliphatic rings. The lowest BCUT2D eigenvalue weighted by Gasteiger charge is -2.39. The largest absolute Gasteiger partial charge is 0.457 e. The molecule has 1 heterocycles. The molecule has 9 heteroatoms. The number of carbonyl (C=O) groups is 1. The van der Waals surface area contributed by atoms with Crippen molar-refractivity contribution in [3.8, 4) is 0 Å². The fraction of sp³-hybridized carbons (Fsp3) is 0.772. The maximum atomic E-state index is 12.9. The second-order valence-electron chi connectivity index (χ2n) is 18.3. The summed E-state index contributed by atoms with van der Waals surface area (Å²) in [5, 5.41) is 40.3. The molecule has 0 aliphatic carbocycles. The van der Waals surface area contributed by atoms with Crippen molar-refractivity contribution in [2.45, 2.75) is 256 Å². The zero-order chi connectivity index (χ0) is 47.8. The van der Waals surface area contributed by atoms with E-state index in [2.05, 4.69) is 86.8 Å². The Bertz CT molecular complexity index is 1240. The Morgan fingerprint density at radius 3 is 1.33 bits per heavy atom. The highest BCUT2D eigenvalue weighted by Gasteiger charge is 2.44. The molecule has 66 heavy (non-hydrogen) atoms. The van der Waals surface area contributed by atoms with Crippen LogP contribution in [0.1, 0.15) is 219 Å². The van der Waals surface area contributed by atoms with Crippen LogP contribution in [0.5, 0.6) is 0 Å². The Hall–Kier alpha value is -2.37. The number of hydrogen-bond donors (Lipinski definition) is 4. The highest BCUT2D eigenvalue weighted by atomic mass is 16.7. The molecule has 9 nitrogen and oxygen atoms in total. The van der Waals surface area contributed by atoms with E-state index in [0.717, 1.165) is 70.6 Å². The van der Waals surface area contributed by atoms with Crippen molar-refractivity contribution in [1.82, 2.24) is 0 Å². The molecule has 1 fully saturated rings. The predicted octanol–water partition coefficient (Wildman–Crippen LogP) is 13.6. The van der Waals surface area contributed by atoms with Crippen LogP contribution in [0.15, 0.2) is 72.9 Å². The third-order valence-electron chi connectivity index (χ3n) is 12.1. The van der Waals surface area contributed by atoms with Gasteiger partial charge >= 0.3 is 5.97 Å². The normalized spacial score (nSPS) is 19.9. The molecule has 0 aromatic heterocycles. The summed E-state index contributed by atoms with van der Waals surface area (Å²) in [5.41, 5.74) is 0. The van der Waals surface area contributed by atoms with Crippen LogP contribution in [0.4, 0.5) is 0 Å². The number of unbranched alkanes of at least 4 members (excludes halogenated alkanes) is 23. The van der Waals surface area contributed by atoms with Gasteiger partial charge in [0.15, 0.2) is 6.29 Å². The van der Waals surface area contributed by atoms with Gasteiger partial charge in [0.1, 0.15) is 30.5 Å². The van der Waals surface area contributed by atoms with E-state index in [4.69, 9.17) is 18.9 Å². The Balaban J connectivity index is 2.22. The Labute approximate surface area is 404 Å². The zero-order valence-electron chi connectivity index (χ0n) is 42.2. The number of hydrogen-bond acceptors (Lipinski definition) is 9. The smallest absolute Gasteiger partial charge is 0.306 e. The SMILES string of the molecule is CC/C=C\C/C=C\C/C=C\C/C=C\C/C=C\C/C=C\CCCOCC(COC1OC(CO)C(O)C(O)C1O)OC(=O)CCCCCCCCCCCCCCCCCCCCCCCCC. The van der Waals surface area contributed by atoms with Crippen molar-refractivity contribution in [3.05, 3.63) is 72.9 Å². The van der Waals surface area contributed by atoms with E-state index in [1.165, 1.54) is 128 Å². The van der Waals surface area contributed by atoms with Crippen LogP contribution < -0.4 is 0 Å². The molecular formula is C57H100O9. The van der Waals surface area contributed by atoms with E-state index in [-0.39, 0.29) is 19.2 Å². The van der Waals surface area contributed by atoms with Crippen LogP contribution in [-0.2, 0) is 23.7 Å². The van der Waals surface area contributed by atoms with E-state index in [1.54, 1.807) is 0 Å². The number of allylic oxidation sites excluding steroid dienone is 12. The summed E-state index contributed by atoms with van der Waals surface area (Å²) in [6.45, 7) is 4.32. The summed E-state index contributed by atoms with van der Waals surface area (Å²) in [6.07, 6.45) is 56.7. The number of rotatable bonds is 46. The number of esters is 1. The predicted molar refractivity (Wildman–Crippen MR) is 274 cm³/mol. The Kier molecular flexibility index (Phi) is 44.5. The van der Waals surface area contributed by atoms with E-state index >= 15 is 0 Å². The third-order valence-corrected chi connectivity index (χ3v) is 12.1. The average Bonchev–Trinajstić information content (AvgIpc) is 3.32. The lowest BCUT2D eigenvalue weighted by atomic mass is 9.99. The molecule has 0 amide bonds. The van der Waals surface area contributed by atoms with Gasteiger partial charge in [-0.15, -0.1) is 0 Å². The van der Waals surface area contributed by atoms with Crippen LogP contribution in [0, 0.1) is 0 Å². The van der Waals surface area contributed by atoms with Crippen molar-refractivity contribution in [3.63, 3.8) is 0 Å². The number of carbonyl (C=O) groups excluding carboxylic acids is 1. The summed E-state index contributed by atoms with van der Waals surface area (Å²) in [5.74, 6) is -0.331. The van der Waals surface area contributed by atoms with Gasteiger partial charge in [-0.05, 0) is 57.8 Å². The molecule has 0 radical (unpaired) electrons. The molecule has 6 atom stereocenters. The van der Waals surface area contributed by atoms with Crippen molar-refractivity contribution in [2.24, 2.45) is 0 Å². The zero-order valence-corrected chi connectivity index (χ0v) is 42.2. The Morgan fingerprint density at radius 2 is 0.909 bits per heavy atom. The number of aliphatic hydroxyl groups is 4. The molecule has 1 rings (SSSR count). The molecule has 4 N–H and O–H groups in total. The van der Waals surface area contributed by atoms with Crippen LogP contribution in [0.25, 0.3) is 0 Å². The van der Waals surface area contributed by atoms with Gasteiger partial charge < -0.3 is 39.4 Å². The van der Waals surface area contributed by atoms with E-state index in [0.29, 0.717) is 13.0 Å². The maximum Gasteiger partial charge on any atom is 0.306 e. The molecule has 0 aromatic carbocycles. The van der Waals surface area contributed by atoms with Crippen molar-refractivity contribution in [1.29, 1.82) is 0 Å². The highest BCUT2D eigenvalue weighted by molar-refractivity contribution is 5.69. The first kappa shape index (κ1) is 61.6. The summed E-state index contributed by atoms with van der Waals surface area (Å²) in [6, 6.07) is 0. The van der Waals surface area contributed by atoms with Gasteiger partial charge in [0, 0.05) is 13.0 Å². The molecule has 0 bridgehead atoms. The monoisotopic (exact) mass is 929 g/mol. The van der Waals surface area contributed by atoms with Gasteiger partial charge in [0.2, 0.25) is 0 Å². The molecule has 1 aliphatic heterocycles. The molecule has 0 spiro atoms. The van der Waals surface area contributed by atoms with Crippen LogP contribution in [0.3, 0.4) is 0 Å². The third kappa shape index (κ3) is 37.6. The standard InChI is InChI=1S/C57H100O9/c1-3-5-7-9-11-13-15-17-19-21-23-25-26-27-28-30-32-34-36-38-40-42-44-46-53(59)65-51(50-64-57-56(62)55(61)54(60)52(48-58)66-57)49-63-47-45-43-41-39-37-35-33-31-29-24-22-20-18-16-14-12-10-8-6-4-2/h6,8,12,14,18,20,24,29,33,35,39,41,51-52,54-58,60-62H,3-5,7,9-11,13,15-17,19,21-23,25-28,30-32,34,36-38,40,42-50H2,1-2H3/b8-6-,14-12-,20-18-,29-24-,35-33-,41-39-. The van der Waals surface area contributed by atoms with E-state index < -0.39 is 43.4 Å². The van der Waals surface area contributed by atoms with E-state index in [1.807, 2.05) is 0 Å². The van der Waals surface area contributed by atoms with Gasteiger partial charge in [-0.3, -0.25) is 4.79 Å². The lowest BCUT2D eigenvalue weighted by Crippen LogP contribution is -2.59. The topological polar surface area (TPSA) is 135 Å². The summed E-state index contributed by atoms with van der Waals surface area (Å²) >= 11 is 0. The van der Waals surface area contributed by atoms with Crippen molar-refractivity contribution >= 4 is 5.97 Å². The van der Waals surface area contributed by atoms with E-state index in [9.17, 15) is 25.2 Å². The molecule has 1 saturated heterocycles. The van der Waals surface area contributed by atoms with Crippen LogP contribution >= 0.6 is 0 Å². The summed E-state index contributed by atoms with van der Waals surface area (Å²) in [7, 11) is 0. The van der Waals surface area contributed by atoms with Crippen molar-refractivity contribution in [2.75, 3.05) is 26.4 Å². The first-order chi connectivity index (χ1) is 32.4. The second-order valence-corrected chi connectivity index (χ2v) is 18.3. The molecule has 382 valence electrons. The molecule has 6 unspecified atom stereocenters. The summed E-state index contributed by atoms with van der Waals surface area (Å²) in [4.78, 5) is 12.9. The first-order valence-corrected chi connectivity index (χ1v) is 27.0. The fourth-order valence-electron chi connectivity index (χ4n) is 7.98. The van der Waals surface area contributed by atoms with Gasteiger partial charge in [0.05, 0.1) is 19.8 Å². The van der Waals surface area contributed by atoms with Gasteiger partial charge in [0.25, 0.3) is 0 Å². The quantitative estimate of drug-likeness (QED) is 0.0267. The fourth-order valence-corrected chi connectivity index (χ4v) is 7.98. The minimum Gasteiger partial charge on any atom is -0.457 e.